The zero-order valence-corrected chi connectivity index (χ0v) is 11.7. The van der Waals surface area contributed by atoms with Gasteiger partial charge >= 0.3 is 0 Å². The summed E-state index contributed by atoms with van der Waals surface area (Å²) in [6.45, 7) is 4.83. The number of nitrogens with two attached hydrogens (primary N) is 1. The lowest BCUT2D eigenvalue weighted by atomic mass is 10.0. The first kappa shape index (κ1) is 13.8. The van der Waals surface area contributed by atoms with Crippen molar-refractivity contribution >= 4 is 0 Å². The van der Waals surface area contributed by atoms with Gasteiger partial charge in [0.2, 0.25) is 0 Å². The van der Waals surface area contributed by atoms with Crippen molar-refractivity contribution in [2.24, 2.45) is 11.7 Å². The Morgan fingerprint density at radius 2 is 2.16 bits per heavy atom. The molecular formula is C15H21N3O. The quantitative estimate of drug-likeness (QED) is 0.898. The van der Waals surface area contributed by atoms with Gasteiger partial charge in [-0.25, -0.2) is 4.98 Å². The fourth-order valence-corrected chi connectivity index (χ4v) is 2.07. The molecule has 0 aliphatic rings. The van der Waals surface area contributed by atoms with Gasteiger partial charge in [-0.3, -0.25) is 0 Å². The van der Waals surface area contributed by atoms with Crippen molar-refractivity contribution in [3.8, 4) is 5.69 Å². The first-order chi connectivity index (χ1) is 9.13. The van der Waals surface area contributed by atoms with Crippen LogP contribution in [0.3, 0.4) is 0 Å². The molecule has 1 aromatic carbocycles. The summed E-state index contributed by atoms with van der Waals surface area (Å²) in [6, 6.07) is 8.20. The van der Waals surface area contributed by atoms with Crippen molar-refractivity contribution < 1.29 is 4.74 Å². The summed E-state index contributed by atoms with van der Waals surface area (Å²) < 4.78 is 7.21. The molecular weight excluding hydrogens is 238 g/mol. The van der Waals surface area contributed by atoms with Crippen LogP contribution in [-0.2, 0) is 11.3 Å². The van der Waals surface area contributed by atoms with Crippen LogP contribution in [0, 0.1) is 5.92 Å². The summed E-state index contributed by atoms with van der Waals surface area (Å²) in [5.41, 5.74) is 9.47. The molecule has 0 aliphatic heterocycles. The molecule has 1 aromatic heterocycles. The summed E-state index contributed by atoms with van der Waals surface area (Å²) in [6.07, 6.45) is 3.65. The van der Waals surface area contributed by atoms with Crippen LogP contribution in [-0.4, -0.2) is 16.7 Å². The van der Waals surface area contributed by atoms with Gasteiger partial charge in [0, 0.05) is 18.8 Å². The van der Waals surface area contributed by atoms with Crippen molar-refractivity contribution in [1.82, 2.24) is 9.55 Å². The summed E-state index contributed by atoms with van der Waals surface area (Å²) in [4.78, 5) is 4.23. The molecule has 0 saturated heterocycles. The molecule has 0 amide bonds. The molecule has 102 valence electrons. The minimum atomic E-state index is -0.0198. The Labute approximate surface area is 114 Å². The Bertz CT molecular complexity index is 534. The molecule has 4 heteroatoms. The highest BCUT2D eigenvalue weighted by molar-refractivity contribution is 5.37. The Hall–Kier alpha value is -1.65. The maximum atomic E-state index is 6.23. The summed E-state index contributed by atoms with van der Waals surface area (Å²) in [7, 11) is 1.70. The van der Waals surface area contributed by atoms with Crippen molar-refractivity contribution in [2.45, 2.75) is 26.5 Å². The van der Waals surface area contributed by atoms with Crippen LogP contribution in [0.25, 0.3) is 5.69 Å². The monoisotopic (exact) mass is 259 g/mol. The molecule has 0 bridgehead atoms. The van der Waals surface area contributed by atoms with Gasteiger partial charge in [0.25, 0.3) is 0 Å². The van der Waals surface area contributed by atoms with E-state index in [1.807, 2.05) is 29.2 Å². The Morgan fingerprint density at radius 3 is 2.84 bits per heavy atom. The fourth-order valence-electron chi connectivity index (χ4n) is 2.07. The van der Waals surface area contributed by atoms with Crippen LogP contribution < -0.4 is 5.73 Å². The van der Waals surface area contributed by atoms with Gasteiger partial charge in [0.1, 0.15) is 0 Å². The number of hydrogen-bond acceptors (Lipinski definition) is 3. The number of nitrogens with zero attached hydrogens (tertiary/aromatic N) is 2. The van der Waals surface area contributed by atoms with Gasteiger partial charge < -0.3 is 15.0 Å². The lowest BCUT2D eigenvalue weighted by Crippen LogP contribution is -2.19. The molecule has 1 atom stereocenters. The van der Waals surface area contributed by atoms with Gasteiger partial charge in [-0.05, 0) is 23.6 Å². The molecule has 2 rings (SSSR count). The summed E-state index contributed by atoms with van der Waals surface area (Å²) in [5, 5.41) is 0. The lowest BCUT2D eigenvalue weighted by Gasteiger charge is -2.18. The van der Waals surface area contributed by atoms with Crippen molar-refractivity contribution in [3.63, 3.8) is 0 Å². The van der Waals surface area contributed by atoms with E-state index in [4.69, 9.17) is 10.5 Å². The zero-order valence-electron chi connectivity index (χ0n) is 11.7. The Morgan fingerprint density at radius 1 is 1.37 bits per heavy atom. The van der Waals surface area contributed by atoms with Crippen molar-refractivity contribution in [2.75, 3.05) is 7.11 Å². The number of ether oxygens (including phenoxy) is 1. The van der Waals surface area contributed by atoms with E-state index in [0.29, 0.717) is 12.5 Å². The standard InChI is InChI=1S/C15H21N3O/c1-11(2)15(16)14-8-17-10-18(14)13-6-4-5-12(7-13)9-19-3/h4-8,10-11,15H,9,16H2,1-3H3. The third-order valence-corrected chi connectivity index (χ3v) is 3.23. The molecule has 19 heavy (non-hydrogen) atoms. The van der Waals surface area contributed by atoms with Crippen LogP contribution >= 0.6 is 0 Å². The fraction of sp³-hybridized carbons (Fsp3) is 0.400. The first-order valence-corrected chi connectivity index (χ1v) is 6.49. The normalized spacial score (nSPS) is 12.9. The van der Waals surface area contributed by atoms with Crippen molar-refractivity contribution in [1.29, 1.82) is 0 Å². The third kappa shape index (κ3) is 3.03. The van der Waals surface area contributed by atoms with E-state index in [1.54, 1.807) is 7.11 Å². The van der Waals surface area contributed by atoms with Crippen molar-refractivity contribution in [3.05, 3.63) is 48.0 Å². The SMILES string of the molecule is COCc1cccc(-n2cncc2C(N)C(C)C)c1. The highest BCUT2D eigenvalue weighted by Gasteiger charge is 2.16. The second-order valence-electron chi connectivity index (χ2n) is 5.06. The van der Waals surface area contributed by atoms with Gasteiger partial charge in [-0.2, -0.15) is 0 Å². The number of benzene rings is 1. The molecule has 4 nitrogen and oxygen atoms in total. The minimum Gasteiger partial charge on any atom is -0.380 e. The van der Waals surface area contributed by atoms with E-state index in [0.717, 1.165) is 16.9 Å². The summed E-state index contributed by atoms with van der Waals surface area (Å²) >= 11 is 0. The molecule has 0 saturated carbocycles. The van der Waals surface area contributed by atoms with Gasteiger partial charge in [-0.15, -0.1) is 0 Å². The van der Waals surface area contributed by atoms with E-state index in [1.165, 1.54) is 0 Å². The maximum Gasteiger partial charge on any atom is 0.0994 e. The Kier molecular flexibility index (Phi) is 4.35. The van der Waals surface area contributed by atoms with Gasteiger partial charge in [-0.1, -0.05) is 26.0 Å². The van der Waals surface area contributed by atoms with E-state index in [-0.39, 0.29) is 6.04 Å². The number of aromatic nitrogens is 2. The molecule has 1 heterocycles. The predicted octanol–water partition coefficient (Wildman–Crippen LogP) is 2.67. The Balaban J connectivity index is 2.37. The van der Waals surface area contributed by atoms with E-state index in [9.17, 15) is 0 Å². The highest BCUT2D eigenvalue weighted by atomic mass is 16.5. The number of methoxy groups -OCH3 is 1. The van der Waals surface area contributed by atoms with E-state index < -0.39 is 0 Å². The zero-order chi connectivity index (χ0) is 13.8. The van der Waals surface area contributed by atoms with Crippen LogP contribution in [0.5, 0.6) is 0 Å². The van der Waals surface area contributed by atoms with Gasteiger partial charge in [0.05, 0.1) is 24.8 Å². The largest absolute Gasteiger partial charge is 0.380 e. The van der Waals surface area contributed by atoms with E-state index in [2.05, 4.69) is 31.0 Å². The predicted molar refractivity (Wildman–Crippen MR) is 76.0 cm³/mol. The number of hydrogen-bond donors (Lipinski definition) is 1. The average molecular weight is 259 g/mol. The van der Waals surface area contributed by atoms with Crippen LogP contribution in [0.15, 0.2) is 36.8 Å². The molecule has 2 N–H and O–H groups in total. The molecule has 0 radical (unpaired) electrons. The molecule has 2 aromatic rings. The summed E-state index contributed by atoms with van der Waals surface area (Å²) in [5.74, 6) is 0.373. The minimum absolute atomic E-state index is 0.0198. The third-order valence-electron chi connectivity index (χ3n) is 3.23. The van der Waals surface area contributed by atoms with E-state index >= 15 is 0 Å². The van der Waals surface area contributed by atoms with Crippen LogP contribution in [0.1, 0.15) is 31.1 Å². The number of imidazole rings is 1. The molecule has 1 unspecified atom stereocenters. The lowest BCUT2D eigenvalue weighted by molar-refractivity contribution is 0.185. The highest BCUT2D eigenvalue weighted by Crippen LogP contribution is 2.22. The molecule has 0 aliphatic carbocycles. The maximum absolute atomic E-state index is 6.23. The molecule has 0 fully saturated rings. The van der Waals surface area contributed by atoms with Crippen LogP contribution in [0.4, 0.5) is 0 Å². The van der Waals surface area contributed by atoms with Crippen LogP contribution in [0.2, 0.25) is 0 Å². The topological polar surface area (TPSA) is 53.1 Å². The van der Waals surface area contributed by atoms with Gasteiger partial charge in [0.15, 0.2) is 0 Å². The average Bonchev–Trinajstić information content (AvgIpc) is 2.87. The second-order valence-corrected chi connectivity index (χ2v) is 5.06. The number of rotatable bonds is 5. The smallest absolute Gasteiger partial charge is 0.0994 e. The molecule has 0 spiro atoms. The first-order valence-electron chi connectivity index (χ1n) is 6.49. The second kappa shape index (κ2) is 5.99.